The molecular formula is C9H18N2O4S. The van der Waals surface area contributed by atoms with Crippen LogP contribution in [0.2, 0.25) is 0 Å². The molecule has 1 fully saturated rings. The number of esters is 1. The Balaban J connectivity index is 2.36. The molecule has 1 aliphatic carbocycles. The minimum atomic E-state index is -3.62. The highest BCUT2D eigenvalue weighted by Crippen LogP contribution is 2.28. The van der Waals surface area contributed by atoms with Crippen molar-refractivity contribution in [2.24, 2.45) is 5.73 Å². The molecule has 0 aromatic carbocycles. The average Bonchev–Trinajstić information content (AvgIpc) is 2.11. The minimum absolute atomic E-state index is 0.176. The van der Waals surface area contributed by atoms with Gasteiger partial charge in [-0.05, 0) is 26.2 Å². The number of carbonyl (C=O) groups is 1. The van der Waals surface area contributed by atoms with Crippen molar-refractivity contribution in [3.05, 3.63) is 0 Å². The summed E-state index contributed by atoms with van der Waals surface area (Å²) in [6.07, 6.45) is 2.65. The quantitative estimate of drug-likeness (QED) is 0.610. The van der Waals surface area contributed by atoms with Gasteiger partial charge in [-0.1, -0.05) is 0 Å². The zero-order chi connectivity index (χ0) is 12.2. The van der Waals surface area contributed by atoms with Crippen molar-refractivity contribution >= 4 is 16.0 Å². The van der Waals surface area contributed by atoms with E-state index in [-0.39, 0.29) is 13.2 Å². The monoisotopic (exact) mass is 250 g/mol. The van der Waals surface area contributed by atoms with Crippen molar-refractivity contribution in [2.75, 3.05) is 18.9 Å². The molecule has 1 rings (SSSR count). The lowest BCUT2D eigenvalue weighted by atomic mass is 9.78. The van der Waals surface area contributed by atoms with E-state index >= 15 is 0 Å². The van der Waals surface area contributed by atoms with E-state index < -0.39 is 27.3 Å². The van der Waals surface area contributed by atoms with E-state index in [0.717, 1.165) is 19.3 Å². The Morgan fingerprint density at radius 1 is 1.50 bits per heavy atom. The minimum Gasteiger partial charge on any atom is -0.465 e. The summed E-state index contributed by atoms with van der Waals surface area (Å²) in [4.78, 5) is 11.0. The van der Waals surface area contributed by atoms with Crippen LogP contribution in [0.3, 0.4) is 0 Å². The van der Waals surface area contributed by atoms with Crippen LogP contribution < -0.4 is 10.5 Å². The highest BCUT2D eigenvalue weighted by Gasteiger charge is 2.33. The van der Waals surface area contributed by atoms with Gasteiger partial charge in [-0.2, -0.15) is 0 Å². The van der Waals surface area contributed by atoms with Gasteiger partial charge in [-0.3, -0.25) is 4.79 Å². The van der Waals surface area contributed by atoms with Gasteiger partial charge in [0.05, 0.1) is 6.61 Å². The Hall–Kier alpha value is -0.660. The summed E-state index contributed by atoms with van der Waals surface area (Å²) < 4.78 is 29.8. The second-order valence-corrected chi connectivity index (χ2v) is 5.91. The number of nitrogens with one attached hydrogen (secondary N) is 1. The number of sulfonamides is 1. The molecule has 7 heteroatoms. The van der Waals surface area contributed by atoms with Gasteiger partial charge in [0.2, 0.25) is 10.0 Å². The molecule has 0 aliphatic heterocycles. The third kappa shape index (κ3) is 4.07. The summed E-state index contributed by atoms with van der Waals surface area (Å²) in [6, 6.07) is 0. The van der Waals surface area contributed by atoms with Crippen LogP contribution in [0.5, 0.6) is 0 Å². The number of hydrogen-bond donors (Lipinski definition) is 2. The molecule has 0 unspecified atom stereocenters. The predicted octanol–water partition coefficient (Wildman–Crippen LogP) is -0.650. The second-order valence-electron chi connectivity index (χ2n) is 4.10. The number of carbonyl (C=O) groups excluding carboxylic acids is 1. The molecule has 0 heterocycles. The molecule has 3 N–H and O–H groups in total. The fourth-order valence-corrected chi connectivity index (χ4v) is 2.47. The highest BCUT2D eigenvalue weighted by atomic mass is 32.2. The van der Waals surface area contributed by atoms with E-state index in [1.54, 1.807) is 6.92 Å². The fraction of sp³-hybridized carbons (Fsp3) is 0.889. The van der Waals surface area contributed by atoms with Gasteiger partial charge >= 0.3 is 5.97 Å². The Labute approximate surface area is 95.6 Å². The van der Waals surface area contributed by atoms with Crippen LogP contribution in [0.15, 0.2) is 0 Å². The molecule has 0 radical (unpaired) electrons. The van der Waals surface area contributed by atoms with Crippen molar-refractivity contribution in [1.82, 2.24) is 4.72 Å². The molecule has 0 spiro atoms. The number of nitrogens with two attached hydrogens (primary N) is 1. The first kappa shape index (κ1) is 13.4. The van der Waals surface area contributed by atoms with Crippen molar-refractivity contribution in [3.63, 3.8) is 0 Å². The zero-order valence-electron chi connectivity index (χ0n) is 9.36. The number of hydrogen-bond acceptors (Lipinski definition) is 5. The van der Waals surface area contributed by atoms with Crippen LogP contribution >= 0.6 is 0 Å². The standard InChI is InChI=1S/C9H18N2O4S/c1-2-15-8(12)6-16(13,14)11-7-9(10)4-3-5-9/h11H,2-7,10H2,1H3. The van der Waals surface area contributed by atoms with Crippen LogP contribution in [-0.4, -0.2) is 38.8 Å². The molecule has 94 valence electrons. The normalized spacial score (nSPS) is 18.9. The molecular weight excluding hydrogens is 232 g/mol. The fourth-order valence-electron chi connectivity index (χ4n) is 1.47. The molecule has 0 bridgehead atoms. The van der Waals surface area contributed by atoms with Gasteiger partial charge in [0, 0.05) is 12.1 Å². The molecule has 1 saturated carbocycles. The lowest BCUT2D eigenvalue weighted by molar-refractivity contribution is -0.139. The van der Waals surface area contributed by atoms with E-state index in [1.807, 2.05) is 0 Å². The first-order valence-corrected chi connectivity index (χ1v) is 6.94. The van der Waals surface area contributed by atoms with Crippen LogP contribution in [-0.2, 0) is 19.6 Å². The maximum absolute atomic E-state index is 11.4. The highest BCUT2D eigenvalue weighted by molar-refractivity contribution is 7.90. The Morgan fingerprint density at radius 3 is 2.56 bits per heavy atom. The first-order chi connectivity index (χ1) is 7.37. The summed E-state index contributed by atoms with van der Waals surface area (Å²) in [5, 5.41) is 0. The summed E-state index contributed by atoms with van der Waals surface area (Å²) >= 11 is 0. The Bertz CT molecular complexity index is 349. The van der Waals surface area contributed by atoms with Gasteiger partial charge in [-0.15, -0.1) is 0 Å². The van der Waals surface area contributed by atoms with Crippen molar-refractivity contribution < 1.29 is 17.9 Å². The van der Waals surface area contributed by atoms with Crippen molar-refractivity contribution in [3.8, 4) is 0 Å². The van der Waals surface area contributed by atoms with Crippen LogP contribution in [0.4, 0.5) is 0 Å². The van der Waals surface area contributed by atoms with Crippen LogP contribution in [0, 0.1) is 0 Å². The SMILES string of the molecule is CCOC(=O)CS(=O)(=O)NCC1(N)CCC1. The Kier molecular flexibility index (Phi) is 4.28. The summed E-state index contributed by atoms with van der Waals surface area (Å²) in [5.41, 5.74) is 5.43. The first-order valence-electron chi connectivity index (χ1n) is 5.29. The maximum atomic E-state index is 11.4. The summed E-state index contributed by atoms with van der Waals surface area (Å²) in [7, 11) is -3.62. The zero-order valence-corrected chi connectivity index (χ0v) is 10.2. The molecule has 0 aromatic rings. The van der Waals surface area contributed by atoms with E-state index in [1.165, 1.54) is 0 Å². The predicted molar refractivity (Wildman–Crippen MR) is 59.2 cm³/mol. The third-order valence-corrected chi connectivity index (χ3v) is 3.81. The van der Waals surface area contributed by atoms with Crippen LogP contribution in [0.1, 0.15) is 26.2 Å². The Morgan fingerprint density at radius 2 is 2.12 bits per heavy atom. The molecule has 16 heavy (non-hydrogen) atoms. The molecule has 6 nitrogen and oxygen atoms in total. The number of rotatable bonds is 6. The average molecular weight is 250 g/mol. The molecule has 0 aromatic heterocycles. The second kappa shape index (κ2) is 5.11. The maximum Gasteiger partial charge on any atom is 0.322 e. The smallest absolute Gasteiger partial charge is 0.322 e. The topological polar surface area (TPSA) is 98.5 Å². The molecule has 0 atom stereocenters. The van der Waals surface area contributed by atoms with Gasteiger partial charge in [-0.25, -0.2) is 13.1 Å². The van der Waals surface area contributed by atoms with E-state index in [4.69, 9.17) is 5.73 Å². The summed E-state index contributed by atoms with van der Waals surface area (Å²) in [6.45, 7) is 1.99. The van der Waals surface area contributed by atoms with Gasteiger partial charge in [0.1, 0.15) is 0 Å². The van der Waals surface area contributed by atoms with Gasteiger partial charge in [0.15, 0.2) is 5.75 Å². The largest absolute Gasteiger partial charge is 0.465 e. The van der Waals surface area contributed by atoms with E-state index in [2.05, 4.69) is 9.46 Å². The van der Waals surface area contributed by atoms with Gasteiger partial charge in [0.25, 0.3) is 0 Å². The van der Waals surface area contributed by atoms with E-state index in [0.29, 0.717) is 0 Å². The number of ether oxygens (including phenoxy) is 1. The van der Waals surface area contributed by atoms with Crippen molar-refractivity contribution in [1.29, 1.82) is 0 Å². The lowest BCUT2D eigenvalue weighted by Gasteiger charge is -2.37. The van der Waals surface area contributed by atoms with Crippen LogP contribution in [0.25, 0.3) is 0 Å². The summed E-state index contributed by atoms with van der Waals surface area (Å²) in [5.74, 6) is -1.38. The third-order valence-electron chi connectivity index (χ3n) is 2.61. The van der Waals surface area contributed by atoms with E-state index in [9.17, 15) is 13.2 Å². The lowest BCUT2D eigenvalue weighted by Crippen LogP contribution is -2.55. The molecule has 1 aliphatic rings. The van der Waals surface area contributed by atoms with Crippen molar-refractivity contribution in [2.45, 2.75) is 31.7 Å². The van der Waals surface area contributed by atoms with Gasteiger partial charge < -0.3 is 10.5 Å². The molecule has 0 amide bonds. The molecule has 0 saturated heterocycles.